The van der Waals surface area contributed by atoms with Crippen LogP contribution < -0.4 is 5.73 Å². The molecule has 2 N–H and O–H groups in total. The number of halogens is 3. The summed E-state index contributed by atoms with van der Waals surface area (Å²) in [6.45, 7) is 3.70. The van der Waals surface area contributed by atoms with Gasteiger partial charge in [-0.15, -0.1) is 12.4 Å². The normalized spacial score (nSPS) is 12.4. The van der Waals surface area contributed by atoms with Gasteiger partial charge >= 0.3 is 0 Å². The summed E-state index contributed by atoms with van der Waals surface area (Å²) in [5, 5.41) is 0. The van der Waals surface area contributed by atoms with Crippen LogP contribution in [0.15, 0.2) is 18.2 Å². The Labute approximate surface area is 88.7 Å². The SMILES string of the molecule is Cc1cccc([C@H](N)C(F)F)c1C.Cl. The van der Waals surface area contributed by atoms with Crippen molar-refractivity contribution in [1.82, 2.24) is 0 Å². The average Bonchev–Trinajstić information content (AvgIpc) is 2.08. The lowest BCUT2D eigenvalue weighted by atomic mass is 9.98. The third-order valence-electron chi connectivity index (χ3n) is 2.28. The molecule has 0 unspecified atom stereocenters. The van der Waals surface area contributed by atoms with Crippen LogP contribution in [0, 0.1) is 13.8 Å². The molecule has 80 valence electrons. The number of nitrogens with two attached hydrogens (primary N) is 1. The highest BCUT2D eigenvalue weighted by molar-refractivity contribution is 5.85. The minimum atomic E-state index is -2.50. The highest BCUT2D eigenvalue weighted by atomic mass is 35.5. The predicted molar refractivity (Wildman–Crippen MR) is 56.1 cm³/mol. The summed E-state index contributed by atoms with van der Waals surface area (Å²) >= 11 is 0. The lowest BCUT2D eigenvalue weighted by Gasteiger charge is -2.14. The van der Waals surface area contributed by atoms with Crippen LogP contribution in [0.3, 0.4) is 0 Å². The van der Waals surface area contributed by atoms with E-state index in [4.69, 9.17) is 5.73 Å². The monoisotopic (exact) mass is 221 g/mol. The minimum absolute atomic E-state index is 0. The lowest BCUT2D eigenvalue weighted by molar-refractivity contribution is 0.116. The number of alkyl halides is 2. The van der Waals surface area contributed by atoms with Gasteiger partial charge in [0, 0.05) is 0 Å². The van der Waals surface area contributed by atoms with Gasteiger partial charge in [-0.25, -0.2) is 8.78 Å². The number of hydrogen-bond donors (Lipinski definition) is 1. The van der Waals surface area contributed by atoms with E-state index >= 15 is 0 Å². The summed E-state index contributed by atoms with van der Waals surface area (Å²) in [4.78, 5) is 0. The van der Waals surface area contributed by atoms with Gasteiger partial charge in [0.25, 0.3) is 6.43 Å². The Morgan fingerprint density at radius 3 is 2.29 bits per heavy atom. The Morgan fingerprint density at radius 1 is 1.21 bits per heavy atom. The standard InChI is InChI=1S/C10H13F2N.ClH/c1-6-4-3-5-8(7(6)2)9(13)10(11)12;/h3-5,9-10H,13H2,1-2H3;1H/t9-;/m0./s1. The van der Waals surface area contributed by atoms with Crippen molar-refractivity contribution in [3.8, 4) is 0 Å². The van der Waals surface area contributed by atoms with Crippen molar-refractivity contribution >= 4 is 12.4 Å². The molecule has 1 rings (SSSR count). The molecule has 1 aromatic rings. The molecular formula is C10H14ClF2N. The number of aryl methyl sites for hydroxylation is 1. The Balaban J connectivity index is 0.00000169. The Morgan fingerprint density at radius 2 is 1.79 bits per heavy atom. The summed E-state index contributed by atoms with van der Waals surface area (Å²) < 4.78 is 24.6. The third-order valence-corrected chi connectivity index (χ3v) is 2.28. The molecule has 0 amide bonds. The Bertz CT molecular complexity index is 302. The van der Waals surface area contributed by atoms with E-state index in [2.05, 4.69) is 0 Å². The van der Waals surface area contributed by atoms with Gasteiger partial charge in [0.1, 0.15) is 0 Å². The van der Waals surface area contributed by atoms with Crippen molar-refractivity contribution in [1.29, 1.82) is 0 Å². The van der Waals surface area contributed by atoms with Crippen LogP contribution in [-0.4, -0.2) is 6.43 Å². The Kier molecular flexibility index (Phi) is 5.02. The molecule has 0 saturated heterocycles. The maximum Gasteiger partial charge on any atom is 0.257 e. The van der Waals surface area contributed by atoms with Crippen LogP contribution in [0.25, 0.3) is 0 Å². The molecule has 14 heavy (non-hydrogen) atoms. The van der Waals surface area contributed by atoms with Crippen molar-refractivity contribution in [2.24, 2.45) is 5.73 Å². The van der Waals surface area contributed by atoms with E-state index in [-0.39, 0.29) is 12.4 Å². The van der Waals surface area contributed by atoms with Crippen molar-refractivity contribution < 1.29 is 8.78 Å². The van der Waals surface area contributed by atoms with Gasteiger partial charge in [0.05, 0.1) is 6.04 Å². The third kappa shape index (κ3) is 2.66. The molecule has 0 bridgehead atoms. The van der Waals surface area contributed by atoms with Gasteiger partial charge < -0.3 is 5.73 Å². The predicted octanol–water partition coefficient (Wildman–Crippen LogP) is 2.99. The molecule has 0 heterocycles. The van der Waals surface area contributed by atoms with Crippen molar-refractivity contribution in [3.63, 3.8) is 0 Å². The minimum Gasteiger partial charge on any atom is -0.319 e. The number of rotatable bonds is 2. The lowest BCUT2D eigenvalue weighted by Crippen LogP contribution is -2.20. The fourth-order valence-corrected chi connectivity index (χ4v) is 1.27. The summed E-state index contributed by atoms with van der Waals surface area (Å²) in [6.07, 6.45) is -2.50. The molecule has 0 fully saturated rings. The first-order chi connectivity index (χ1) is 6.04. The zero-order valence-electron chi connectivity index (χ0n) is 8.13. The molecule has 0 radical (unpaired) electrons. The van der Waals surface area contributed by atoms with Gasteiger partial charge in [-0.1, -0.05) is 18.2 Å². The van der Waals surface area contributed by atoms with E-state index in [0.717, 1.165) is 11.1 Å². The van der Waals surface area contributed by atoms with E-state index in [1.54, 1.807) is 12.1 Å². The Hall–Kier alpha value is -0.670. The van der Waals surface area contributed by atoms with Gasteiger partial charge in [0.2, 0.25) is 0 Å². The molecule has 0 aliphatic heterocycles. The van der Waals surface area contributed by atoms with Crippen LogP contribution in [0.5, 0.6) is 0 Å². The van der Waals surface area contributed by atoms with Gasteiger partial charge in [-0.05, 0) is 30.5 Å². The van der Waals surface area contributed by atoms with Gasteiger partial charge in [-0.2, -0.15) is 0 Å². The zero-order valence-corrected chi connectivity index (χ0v) is 8.94. The molecule has 4 heteroatoms. The first-order valence-electron chi connectivity index (χ1n) is 4.14. The smallest absolute Gasteiger partial charge is 0.257 e. The van der Waals surface area contributed by atoms with Crippen molar-refractivity contribution in [2.45, 2.75) is 26.3 Å². The molecule has 0 aromatic heterocycles. The maximum absolute atomic E-state index is 12.3. The molecular weight excluding hydrogens is 208 g/mol. The number of hydrogen-bond acceptors (Lipinski definition) is 1. The van der Waals surface area contributed by atoms with E-state index in [1.165, 1.54) is 0 Å². The largest absolute Gasteiger partial charge is 0.319 e. The van der Waals surface area contributed by atoms with Crippen LogP contribution in [-0.2, 0) is 0 Å². The fourth-order valence-electron chi connectivity index (χ4n) is 1.27. The molecule has 0 saturated carbocycles. The molecule has 1 nitrogen and oxygen atoms in total. The van der Waals surface area contributed by atoms with E-state index in [0.29, 0.717) is 5.56 Å². The molecule has 1 atom stereocenters. The van der Waals surface area contributed by atoms with Crippen LogP contribution in [0.4, 0.5) is 8.78 Å². The summed E-state index contributed by atoms with van der Waals surface area (Å²) in [7, 11) is 0. The second-order valence-corrected chi connectivity index (χ2v) is 3.15. The molecule has 0 spiro atoms. The highest BCUT2D eigenvalue weighted by Gasteiger charge is 2.19. The fraction of sp³-hybridized carbons (Fsp3) is 0.400. The zero-order chi connectivity index (χ0) is 10.0. The van der Waals surface area contributed by atoms with Crippen molar-refractivity contribution in [2.75, 3.05) is 0 Å². The van der Waals surface area contributed by atoms with E-state index in [1.807, 2.05) is 19.9 Å². The quantitative estimate of drug-likeness (QED) is 0.817. The second kappa shape index (κ2) is 5.27. The maximum atomic E-state index is 12.3. The van der Waals surface area contributed by atoms with Crippen LogP contribution >= 0.6 is 12.4 Å². The van der Waals surface area contributed by atoms with E-state index in [9.17, 15) is 8.78 Å². The van der Waals surface area contributed by atoms with Crippen LogP contribution in [0.1, 0.15) is 22.7 Å². The second-order valence-electron chi connectivity index (χ2n) is 3.15. The van der Waals surface area contributed by atoms with Crippen molar-refractivity contribution in [3.05, 3.63) is 34.9 Å². The first kappa shape index (κ1) is 13.3. The average molecular weight is 222 g/mol. The first-order valence-corrected chi connectivity index (χ1v) is 4.14. The molecule has 1 aromatic carbocycles. The van der Waals surface area contributed by atoms with Gasteiger partial charge in [-0.3, -0.25) is 0 Å². The summed E-state index contributed by atoms with van der Waals surface area (Å²) in [6, 6.07) is 4.12. The van der Waals surface area contributed by atoms with Crippen LogP contribution in [0.2, 0.25) is 0 Å². The molecule has 0 aliphatic carbocycles. The van der Waals surface area contributed by atoms with E-state index < -0.39 is 12.5 Å². The summed E-state index contributed by atoms with van der Waals surface area (Å²) in [5.41, 5.74) is 7.75. The number of benzene rings is 1. The summed E-state index contributed by atoms with van der Waals surface area (Å²) in [5.74, 6) is 0. The highest BCUT2D eigenvalue weighted by Crippen LogP contribution is 2.23. The topological polar surface area (TPSA) is 26.0 Å². The van der Waals surface area contributed by atoms with Gasteiger partial charge in [0.15, 0.2) is 0 Å². The molecule has 0 aliphatic rings.